The van der Waals surface area contributed by atoms with Crippen LogP contribution in [0, 0.1) is 40.7 Å². The second kappa shape index (κ2) is 14.8. The standard InChI is InChI=1S/C21H25.C17H23.C6H10.2ClH.Zr/c1-20(2,3)16-9-7-14-11-15-8-10-17(21(4,5)6)13-19(15)18(14)12-16;1-12-3-4-16(2,8-12)17-9-13-5-14(10-17)7-15(6-13)11-17;1-2-4-6-5-3-1;;;/h7,9-10,12-13H,11H2,1-6H3;4,8,13-15H,5-7,9-11H2,1-2H3;1-5H2;2*1H;/q2*-1;;;;+2/p-2. The van der Waals surface area contributed by atoms with Gasteiger partial charge in [0.15, 0.2) is 0 Å². The molecule has 5 fully saturated rings. The predicted molar refractivity (Wildman–Crippen MR) is 189 cm³/mol. The van der Waals surface area contributed by atoms with Gasteiger partial charge >= 0.3 is 59.5 Å². The SMILES string of the molecule is CC(C)(C)c1c[c-]c2c(c1)-c1cc(C(C)(C)C)ccc1C2.CC1=CC(C)(C23CC4CC(CC(C4)C2)C3)C=[C-]1.[Cl-].[Cl-].[Zr+2]=[C]1CCCCC1. The summed E-state index contributed by atoms with van der Waals surface area (Å²) in [6.45, 7) is 18.3. The molecule has 9 rings (SSSR count). The van der Waals surface area contributed by atoms with Gasteiger partial charge in [0.05, 0.1) is 0 Å². The molecule has 1 unspecified atom stereocenters. The Morgan fingerprint density at radius 2 is 1.32 bits per heavy atom. The minimum absolute atomic E-state index is 0. The van der Waals surface area contributed by atoms with Gasteiger partial charge < -0.3 is 24.8 Å². The first-order chi connectivity index (χ1) is 21.1. The molecule has 7 aliphatic rings. The van der Waals surface area contributed by atoms with E-state index in [0.29, 0.717) is 10.8 Å². The predicted octanol–water partition coefficient (Wildman–Crippen LogP) is 5.86. The van der Waals surface area contributed by atoms with Crippen LogP contribution in [0.5, 0.6) is 0 Å². The zero-order chi connectivity index (χ0) is 32.2. The van der Waals surface area contributed by atoms with Crippen LogP contribution in [-0.2, 0) is 41.5 Å². The second-order valence-corrected chi connectivity index (χ2v) is 19.8. The Labute approximate surface area is 315 Å². The second-order valence-electron chi connectivity index (χ2n) is 18.1. The van der Waals surface area contributed by atoms with Crippen LogP contribution in [0.1, 0.15) is 148 Å². The van der Waals surface area contributed by atoms with Crippen LogP contribution in [0.25, 0.3) is 11.1 Å². The molecule has 0 aromatic heterocycles. The monoisotopic (exact) mass is 746 g/mol. The van der Waals surface area contributed by atoms with Crippen LogP contribution < -0.4 is 24.8 Å². The van der Waals surface area contributed by atoms with Crippen LogP contribution in [-0.4, -0.2) is 3.21 Å². The van der Waals surface area contributed by atoms with Gasteiger partial charge in [-0.3, -0.25) is 6.08 Å². The van der Waals surface area contributed by atoms with Crippen molar-refractivity contribution in [2.24, 2.45) is 28.6 Å². The third-order valence-electron chi connectivity index (χ3n) is 12.3. The van der Waals surface area contributed by atoms with Crippen molar-refractivity contribution in [2.45, 2.75) is 143 Å². The topological polar surface area (TPSA) is 0 Å². The summed E-state index contributed by atoms with van der Waals surface area (Å²) in [4.78, 5) is 0. The Balaban J connectivity index is 0.000000173. The van der Waals surface area contributed by atoms with E-state index in [1.165, 1.54) is 90.3 Å². The summed E-state index contributed by atoms with van der Waals surface area (Å²) in [5.74, 6) is 3.17. The molecule has 7 aliphatic carbocycles. The van der Waals surface area contributed by atoms with Gasteiger partial charge in [-0.1, -0.05) is 95.5 Å². The molecule has 2 aromatic rings. The van der Waals surface area contributed by atoms with Crippen LogP contribution in [0.3, 0.4) is 0 Å². The van der Waals surface area contributed by atoms with Crippen molar-refractivity contribution in [3.8, 4) is 11.1 Å². The van der Waals surface area contributed by atoms with Crippen LogP contribution in [0.2, 0.25) is 0 Å². The van der Waals surface area contributed by atoms with Gasteiger partial charge in [0.2, 0.25) is 0 Å². The Morgan fingerprint density at radius 1 is 0.766 bits per heavy atom. The average Bonchev–Trinajstić information content (AvgIpc) is 3.52. The Kier molecular flexibility index (Phi) is 12.3. The molecule has 2 aromatic carbocycles. The van der Waals surface area contributed by atoms with Gasteiger partial charge in [-0.2, -0.15) is 35.4 Å². The van der Waals surface area contributed by atoms with E-state index >= 15 is 0 Å². The van der Waals surface area contributed by atoms with Crippen LogP contribution >= 0.6 is 0 Å². The van der Waals surface area contributed by atoms with Crippen molar-refractivity contribution in [3.63, 3.8) is 0 Å². The number of benzene rings is 2. The normalized spacial score (nSPS) is 29.7. The maximum atomic E-state index is 3.53. The maximum absolute atomic E-state index is 3.53. The third kappa shape index (κ3) is 8.42. The number of fused-ring (bicyclic) bond motifs is 3. The molecule has 0 heterocycles. The summed E-state index contributed by atoms with van der Waals surface area (Å²) in [6, 6.07) is 15.1. The van der Waals surface area contributed by atoms with Crippen LogP contribution in [0.4, 0.5) is 0 Å². The number of hydrogen-bond donors (Lipinski definition) is 0. The quantitative estimate of drug-likeness (QED) is 0.274. The first-order valence-electron chi connectivity index (χ1n) is 18.2. The van der Waals surface area contributed by atoms with E-state index in [1.807, 2.05) is 0 Å². The fourth-order valence-electron chi connectivity index (χ4n) is 9.84. The fraction of sp³-hybridized carbons (Fsp3) is 0.614. The molecule has 4 bridgehead atoms. The van der Waals surface area contributed by atoms with Gasteiger partial charge in [-0.15, -0.1) is 5.56 Å². The summed E-state index contributed by atoms with van der Waals surface area (Å²) in [7, 11) is 0. The summed E-state index contributed by atoms with van der Waals surface area (Å²) >= 11 is 1.69. The van der Waals surface area contributed by atoms with E-state index in [2.05, 4.69) is 110 Å². The zero-order valence-corrected chi connectivity index (χ0v) is 34.5. The third-order valence-corrected chi connectivity index (χ3v) is 13.5. The van der Waals surface area contributed by atoms with Gasteiger partial charge in [-0.05, 0) is 79.1 Å². The molecule has 47 heavy (non-hydrogen) atoms. The molecule has 3 heteroatoms. The number of rotatable bonds is 1. The molecule has 5 saturated carbocycles. The zero-order valence-electron chi connectivity index (χ0n) is 30.5. The Hall–Kier alpha value is -0.747. The van der Waals surface area contributed by atoms with Crippen molar-refractivity contribution >= 4 is 3.21 Å². The molecule has 0 nitrogen and oxygen atoms in total. The van der Waals surface area contributed by atoms with Gasteiger partial charge in [0.25, 0.3) is 0 Å². The van der Waals surface area contributed by atoms with Crippen molar-refractivity contribution in [1.29, 1.82) is 0 Å². The molecule has 0 aliphatic heterocycles. The van der Waals surface area contributed by atoms with E-state index < -0.39 is 0 Å². The molecule has 0 amide bonds. The van der Waals surface area contributed by atoms with Crippen molar-refractivity contribution in [2.75, 3.05) is 0 Å². The fourth-order valence-corrected chi connectivity index (χ4v) is 10.7. The minimum atomic E-state index is 0. The molecule has 0 radical (unpaired) electrons. The van der Waals surface area contributed by atoms with Crippen molar-refractivity contribution in [1.82, 2.24) is 0 Å². The number of hydrogen-bond acceptors (Lipinski definition) is 0. The van der Waals surface area contributed by atoms with E-state index in [0.717, 1.165) is 24.2 Å². The van der Waals surface area contributed by atoms with Gasteiger partial charge in [0, 0.05) is 0 Å². The van der Waals surface area contributed by atoms with E-state index in [9.17, 15) is 0 Å². The molecule has 0 N–H and O–H groups in total. The number of halogens is 2. The summed E-state index contributed by atoms with van der Waals surface area (Å²) < 4.78 is 1.80. The molecular formula is C44H58Cl2Zr-2. The van der Waals surface area contributed by atoms with Gasteiger partial charge in [0.1, 0.15) is 0 Å². The van der Waals surface area contributed by atoms with Crippen molar-refractivity contribution < 1.29 is 49.0 Å². The molecule has 0 spiro atoms. The Morgan fingerprint density at radius 3 is 1.79 bits per heavy atom. The molecule has 0 saturated heterocycles. The van der Waals surface area contributed by atoms with Gasteiger partial charge in [-0.25, -0.2) is 11.6 Å². The molecule has 254 valence electrons. The van der Waals surface area contributed by atoms with E-state index in [1.54, 1.807) is 46.7 Å². The molecule has 1 atom stereocenters. The first kappa shape index (κ1) is 39.0. The summed E-state index contributed by atoms with van der Waals surface area (Å²) in [6.07, 6.45) is 25.9. The van der Waals surface area contributed by atoms with E-state index in [-0.39, 0.29) is 35.6 Å². The first-order valence-corrected chi connectivity index (χ1v) is 19.4. The average molecular weight is 749 g/mol. The Bertz CT molecular complexity index is 1390. The molecular weight excluding hydrogens is 691 g/mol. The number of allylic oxidation sites excluding steroid dienone is 4. The van der Waals surface area contributed by atoms with E-state index in [4.69, 9.17) is 0 Å². The summed E-state index contributed by atoms with van der Waals surface area (Å²) in [5, 5.41) is 0. The summed E-state index contributed by atoms with van der Waals surface area (Å²) in [5.41, 5.74) is 11.1. The van der Waals surface area contributed by atoms with Crippen LogP contribution in [0.15, 0.2) is 48.1 Å². The van der Waals surface area contributed by atoms with Crippen molar-refractivity contribution in [3.05, 3.63) is 82.5 Å².